The maximum absolute atomic E-state index is 11.7. The quantitative estimate of drug-likeness (QED) is 0.819. The fraction of sp³-hybridized carbons (Fsp3) is 0.385. The van der Waals surface area contributed by atoms with Crippen LogP contribution in [0.4, 0.5) is 5.69 Å². The smallest absolute Gasteiger partial charge is 0.239 e. The van der Waals surface area contributed by atoms with Crippen LogP contribution in [0, 0.1) is 11.3 Å². The van der Waals surface area contributed by atoms with Gasteiger partial charge >= 0.3 is 0 Å². The first-order valence-corrected chi connectivity index (χ1v) is 7.89. The number of nitrogens with one attached hydrogen (secondary N) is 1. The van der Waals surface area contributed by atoms with E-state index in [1.54, 1.807) is 30.3 Å². The van der Waals surface area contributed by atoms with Crippen molar-refractivity contribution >= 4 is 21.4 Å². The third-order valence-electron chi connectivity index (χ3n) is 2.34. The molecule has 0 aliphatic carbocycles. The van der Waals surface area contributed by atoms with Gasteiger partial charge in [-0.05, 0) is 19.1 Å². The van der Waals surface area contributed by atoms with Gasteiger partial charge in [0.15, 0.2) is 9.84 Å². The lowest BCUT2D eigenvalue weighted by atomic mass is 10.3. The van der Waals surface area contributed by atoms with Crippen LogP contribution in [0.3, 0.4) is 0 Å². The summed E-state index contributed by atoms with van der Waals surface area (Å²) in [7, 11) is -3.56. The number of anilines is 1. The number of ether oxygens (including phenoxy) is 1. The van der Waals surface area contributed by atoms with E-state index in [1.165, 1.54) is 0 Å². The molecule has 1 aromatic carbocycles. The molecular formula is C13H16N2O4S. The van der Waals surface area contributed by atoms with Crippen molar-refractivity contribution in [3.05, 3.63) is 24.3 Å². The SMILES string of the molecule is CCOc1ccccc1NC(=O)CS(=O)(=O)CCC#N. The topological polar surface area (TPSA) is 96.3 Å². The molecule has 0 saturated carbocycles. The molecular weight excluding hydrogens is 280 g/mol. The van der Waals surface area contributed by atoms with Crippen LogP contribution in [0.15, 0.2) is 24.3 Å². The highest BCUT2D eigenvalue weighted by Gasteiger charge is 2.17. The molecule has 0 bridgehead atoms. The normalized spacial score (nSPS) is 10.6. The summed E-state index contributed by atoms with van der Waals surface area (Å²) in [6.07, 6.45) is -0.120. The van der Waals surface area contributed by atoms with Crippen LogP contribution in [-0.2, 0) is 14.6 Å². The van der Waals surface area contributed by atoms with Gasteiger partial charge in [-0.25, -0.2) is 8.42 Å². The fourth-order valence-electron chi connectivity index (χ4n) is 1.51. The molecule has 1 amide bonds. The van der Waals surface area contributed by atoms with E-state index in [0.717, 1.165) is 0 Å². The van der Waals surface area contributed by atoms with Gasteiger partial charge in [-0.1, -0.05) is 12.1 Å². The molecule has 0 radical (unpaired) electrons. The molecule has 0 aromatic heterocycles. The number of hydrogen-bond donors (Lipinski definition) is 1. The van der Waals surface area contributed by atoms with E-state index < -0.39 is 21.5 Å². The number of nitrogens with zero attached hydrogens (tertiary/aromatic N) is 1. The van der Waals surface area contributed by atoms with Gasteiger partial charge in [0.1, 0.15) is 11.5 Å². The molecule has 6 nitrogen and oxygen atoms in total. The lowest BCUT2D eigenvalue weighted by Crippen LogP contribution is -2.24. The minimum atomic E-state index is -3.56. The van der Waals surface area contributed by atoms with Gasteiger partial charge in [0, 0.05) is 6.42 Å². The van der Waals surface area contributed by atoms with E-state index >= 15 is 0 Å². The Morgan fingerprint density at radius 1 is 1.40 bits per heavy atom. The standard InChI is InChI=1S/C13H16N2O4S/c1-2-19-12-7-4-3-6-11(12)15-13(16)10-20(17,18)9-5-8-14/h3-4,6-7H,2,5,9-10H2,1H3,(H,15,16). The highest BCUT2D eigenvalue weighted by Crippen LogP contribution is 2.23. The first kappa shape index (κ1) is 16.0. The molecule has 0 aliphatic heterocycles. The Hall–Kier alpha value is -2.07. The number of nitriles is 1. The van der Waals surface area contributed by atoms with Gasteiger partial charge in [0.2, 0.25) is 5.91 Å². The molecule has 1 rings (SSSR count). The van der Waals surface area contributed by atoms with Crippen LogP contribution in [0.2, 0.25) is 0 Å². The van der Waals surface area contributed by atoms with E-state index in [9.17, 15) is 13.2 Å². The van der Waals surface area contributed by atoms with Crippen LogP contribution in [-0.4, -0.2) is 32.4 Å². The predicted molar refractivity (Wildman–Crippen MR) is 75.1 cm³/mol. The van der Waals surface area contributed by atoms with Crippen LogP contribution in [0.1, 0.15) is 13.3 Å². The van der Waals surface area contributed by atoms with Gasteiger partial charge in [-0.3, -0.25) is 4.79 Å². The highest BCUT2D eigenvalue weighted by molar-refractivity contribution is 7.92. The number of amides is 1. The largest absolute Gasteiger partial charge is 0.492 e. The van der Waals surface area contributed by atoms with Gasteiger partial charge in [-0.15, -0.1) is 0 Å². The Labute approximate surface area is 118 Å². The van der Waals surface area contributed by atoms with E-state index in [1.807, 2.05) is 6.92 Å². The first-order valence-electron chi connectivity index (χ1n) is 6.07. The average molecular weight is 296 g/mol. The summed E-state index contributed by atoms with van der Waals surface area (Å²) in [6, 6.07) is 8.52. The summed E-state index contributed by atoms with van der Waals surface area (Å²) in [5.41, 5.74) is 0.426. The summed E-state index contributed by atoms with van der Waals surface area (Å²) < 4.78 is 28.4. The van der Waals surface area contributed by atoms with Crippen LogP contribution < -0.4 is 10.1 Å². The molecule has 0 atom stereocenters. The maximum atomic E-state index is 11.7. The minimum Gasteiger partial charge on any atom is -0.492 e. The number of sulfone groups is 1. The number of benzene rings is 1. The van der Waals surface area contributed by atoms with Crippen molar-refractivity contribution in [3.8, 4) is 11.8 Å². The van der Waals surface area contributed by atoms with E-state index in [2.05, 4.69) is 5.32 Å². The number of carbonyl (C=O) groups excluding carboxylic acids is 1. The van der Waals surface area contributed by atoms with Crippen LogP contribution in [0.5, 0.6) is 5.75 Å². The van der Waals surface area contributed by atoms with E-state index in [-0.39, 0.29) is 12.2 Å². The van der Waals surface area contributed by atoms with E-state index in [4.69, 9.17) is 10.00 Å². The summed E-state index contributed by atoms with van der Waals surface area (Å²) >= 11 is 0. The molecule has 0 fully saturated rings. The van der Waals surface area contributed by atoms with Crippen molar-refractivity contribution in [2.75, 3.05) is 23.4 Å². The van der Waals surface area contributed by atoms with Crippen molar-refractivity contribution in [1.29, 1.82) is 5.26 Å². The number of rotatable bonds is 7. The molecule has 0 spiro atoms. The van der Waals surface area contributed by atoms with Crippen LogP contribution >= 0.6 is 0 Å². The molecule has 0 unspecified atom stereocenters. The molecule has 7 heteroatoms. The van der Waals surface area contributed by atoms with Crippen molar-refractivity contribution in [2.45, 2.75) is 13.3 Å². The molecule has 1 N–H and O–H groups in total. The third kappa shape index (κ3) is 5.28. The lowest BCUT2D eigenvalue weighted by molar-refractivity contribution is -0.113. The van der Waals surface area contributed by atoms with Crippen molar-refractivity contribution in [2.24, 2.45) is 0 Å². The molecule has 0 heterocycles. The third-order valence-corrected chi connectivity index (χ3v) is 3.87. The summed E-state index contributed by atoms with van der Waals surface area (Å²) in [4.78, 5) is 11.7. The summed E-state index contributed by atoms with van der Waals surface area (Å²) in [5.74, 6) is -1.12. The van der Waals surface area contributed by atoms with Gasteiger partial charge in [0.25, 0.3) is 0 Å². The first-order chi connectivity index (χ1) is 9.48. The highest BCUT2D eigenvalue weighted by atomic mass is 32.2. The second-order valence-corrected chi connectivity index (χ2v) is 6.16. The Balaban J connectivity index is 2.70. The predicted octanol–water partition coefficient (Wildman–Crippen LogP) is 1.35. The second-order valence-electron chi connectivity index (χ2n) is 3.98. The van der Waals surface area contributed by atoms with Crippen molar-refractivity contribution in [3.63, 3.8) is 0 Å². The van der Waals surface area contributed by atoms with Crippen molar-refractivity contribution in [1.82, 2.24) is 0 Å². The van der Waals surface area contributed by atoms with E-state index in [0.29, 0.717) is 18.0 Å². The molecule has 20 heavy (non-hydrogen) atoms. The molecule has 0 aliphatic rings. The Morgan fingerprint density at radius 2 is 2.10 bits per heavy atom. The minimum absolute atomic E-state index is 0.120. The lowest BCUT2D eigenvalue weighted by Gasteiger charge is -2.11. The molecule has 0 saturated heterocycles. The Bertz CT molecular complexity index is 605. The van der Waals surface area contributed by atoms with Crippen molar-refractivity contribution < 1.29 is 17.9 Å². The summed E-state index contributed by atoms with van der Waals surface area (Å²) in [5, 5.41) is 10.9. The van der Waals surface area contributed by atoms with Gasteiger partial charge < -0.3 is 10.1 Å². The second kappa shape index (κ2) is 7.50. The van der Waals surface area contributed by atoms with Gasteiger partial charge in [-0.2, -0.15) is 5.26 Å². The molecule has 108 valence electrons. The fourth-order valence-corrected chi connectivity index (χ4v) is 2.53. The van der Waals surface area contributed by atoms with Crippen LogP contribution in [0.25, 0.3) is 0 Å². The zero-order chi connectivity index (χ0) is 15.0. The average Bonchev–Trinajstić information content (AvgIpc) is 2.38. The van der Waals surface area contributed by atoms with Gasteiger partial charge in [0.05, 0.1) is 24.1 Å². The number of para-hydroxylation sites is 2. The monoisotopic (exact) mass is 296 g/mol. The number of hydrogen-bond acceptors (Lipinski definition) is 5. The Kier molecular flexibility index (Phi) is 6.00. The molecule has 1 aromatic rings. The number of carbonyl (C=O) groups is 1. The zero-order valence-corrected chi connectivity index (χ0v) is 11.9. The Morgan fingerprint density at radius 3 is 2.75 bits per heavy atom. The zero-order valence-electron chi connectivity index (χ0n) is 11.1. The summed E-state index contributed by atoms with van der Waals surface area (Å²) in [6.45, 7) is 2.25. The maximum Gasteiger partial charge on any atom is 0.239 e.